The Hall–Kier alpha value is 0.729. The Morgan fingerprint density at radius 3 is 1.00 bits per heavy atom. The second kappa shape index (κ2) is 6.45. The van der Waals surface area contributed by atoms with Crippen LogP contribution in [-0.4, -0.2) is 22.5 Å². The topological polar surface area (TPSA) is 0 Å². The predicted molar refractivity (Wildman–Crippen MR) is 76.8 cm³/mol. The number of hydrogen-bond acceptors (Lipinski definition) is 0. The molecule has 0 aromatic rings. The molecule has 3 fully saturated rings. The normalized spacial score (nSPS) is 27.8. The first-order chi connectivity index (χ1) is 8.32. The van der Waals surface area contributed by atoms with Gasteiger partial charge >= 0.3 is 121 Å². The molecule has 0 heterocycles. The number of halogens is 1. The third kappa shape index (κ3) is 2.62. The van der Waals surface area contributed by atoms with Crippen LogP contribution in [0.2, 0.25) is 3.43 Å². The summed E-state index contributed by atoms with van der Waals surface area (Å²) in [4.78, 5) is 0. The molecular weight excluding hydrogens is 330 g/mol. The van der Waals surface area contributed by atoms with Gasteiger partial charge in [-0.05, 0) is 0 Å². The Morgan fingerprint density at radius 1 is 0.556 bits per heavy atom. The summed E-state index contributed by atoms with van der Waals surface area (Å²) >= 11 is 1.93. The molecular formula is C16H28FSn. The van der Waals surface area contributed by atoms with Crippen LogP contribution >= 0.6 is 0 Å². The van der Waals surface area contributed by atoms with Crippen molar-refractivity contribution in [2.45, 2.75) is 80.5 Å². The van der Waals surface area contributed by atoms with E-state index in [1.807, 2.05) is 22.5 Å². The van der Waals surface area contributed by atoms with E-state index >= 15 is 0 Å². The van der Waals surface area contributed by atoms with Gasteiger partial charge < -0.3 is 0 Å². The van der Waals surface area contributed by atoms with Gasteiger partial charge in [-0.3, -0.25) is 4.70 Å². The van der Waals surface area contributed by atoms with E-state index in [9.17, 15) is 0 Å². The third-order valence-electron chi connectivity index (χ3n) is 6.09. The molecule has 0 bridgehead atoms. The standard InChI is InChI=1S/C16H27.FH.Sn/c1-2-8-13(7-1)16(14-9-3-4-10-14)15-11-5-6-12-15;;/h13-15H,1-12H2;1H;. The molecule has 0 nitrogen and oxygen atoms in total. The van der Waals surface area contributed by atoms with Crippen molar-refractivity contribution < 1.29 is 4.70 Å². The first-order valence-electron chi connectivity index (χ1n) is 8.07. The predicted octanol–water partition coefficient (Wildman–Crippen LogP) is 5.04. The number of rotatable bonds is 3. The number of hydrogen-bond donors (Lipinski definition) is 0. The van der Waals surface area contributed by atoms with Gasteiger partial charge in [0.25, 0.3) is 0 Å². The van der Waals surface area contributed by atoms with Crippen LogP contribution in [0.3, 0.4) is 0 Å². The quantitative estimate of drug-likeness (QED) is 0.621. The summed E-state index contributed by atoms with van der Waals surface area (Å²) in [6.07, 6.45) is 18.7. The molecule has 3 aliphatic carbocycles. The molecule has 0 amide bonds. The molecule has 103 valence electrons. The Kier molecular flexibility index (Phi) is 5.42. The van der Waals surface area contributed by atoms with Crippen LogP contribution in [0.15, 0.2) is 0 Å². The van der Waals surface area contributed by atoms with E-state index < -0.39 is 0 Å². The van der Waals surface area contributed by atoms with Crippen molar-refractivity contribution >= 4 is 22.5 Å². The molecule has 0 aromatic carbocycles. The Bertz CT molecular complexity index is 207. The summed E-state index contributed by atoms with van der Waals surface area (Å²) in [5, 5.41) is 0. The first-order valence-corrected chi connectivity index (χ1v) is 9.49. The fourth-order valence-electron chi connectivity index (χ4n) is 5.21. The van der Waals surface area contributed by atoms with Crippen LogP contribution in [0.25, 0.3) is 0 Å². The molecule has 3 saturated carbocycles. The van der Waals surface area contributed by atoms with E-state index in [0.29, 0.717) is 0 Å². The van der Waals surface area contributed by atoms with Crippen LogP contribution in [0, 0.1) is 17.8 Å². The maximum absolute atomic E-state index is 1.93. The van der Waals surface area contributed by atoms with E-state index in [2.05, 4.69) is 0 Å². The SMILES string of the molecule is F.[Sn][C](C1CCCC1)(C1CCCC1)C1CCCC1. The molecule has 3 rings (SSSR count). The second-order valence-electron chi connectivity index (χ2n) is 6.88. The molecule has 3 radical (unpaired) electrons. The van der Waals surface area contributed by atoms with Crippen LogP contribution in [0.4, 0.5) is 4.70 Å². The minimum atomic E-state index is 0. The van der Waals surface area contributed by atoms with Gasteiger partial charge in [-0.1, -0.05) is 0 Å². The van der Waals surface area contributed by atoms with Gasteiger partial charge in [-0.15, -0.1) is 0 Å². The summed E-state index contributed by atoms with van der Waals surface area (Å²) in [5.74, 6) is 3.39. The fourth-order valence-corrected chi connectivity index (χ4v) is 7.68. The van der Waals surface area contributed by atoms with Crippen LogP contribution in [0.5, 0.6) is 0 Å². The van der Waals surface area contributed by atoms with Gasteiger partial charge in [0, 0.05) is 0 Å². The van der Waals surface area contributed by atoms with Crippen molar-refractivity contribution in [1.29, 1.82) is 0 Å². The van der Waals surface area contributed by atoms with Crippen molar-refractivity contribution in [3.05, 3.63) is 0 Å². The average molecular weight is 358 g/mol. The molecule has 3 aliphatic rings. The molecule has 0 aliphatic heterocycles. The van der Waals surface area contributed by atoms with Gasteiger partial charge in [0.2, 0.25) is 0 Å². The molecule has 0 atom stereocenters. The van der Waals surface area contributed by atoms with Gasteiger partial charge in [-0.25, -0.2) is 0 Å². The Morgan fingerprint density at radius 2 is 0.778 bits per heavy atom. The summed E-state index contributed by atoms with van der Waals surface area (Å²) in [6.45, 7) is 0. The van der Waals surface area contributed by atoms with Crippen molar-refractivity contribution in [2.24, 2.45) is 17.8 Å². The van der Waals surface area contributed by atoms with Crippen LogP contribution in [-0.2, 0) is 0 Å². The van der Waals surface area contributed by atoms with Gasteiger partial charge in [0.05, 0.1) is 0 Å². The molecule has 0 aromatic heterocycles. The van der Waals surface area contributed by atoms with Crippen molar-refractivity contribution in [3.63, 3.8) is 0 Å². The Labute approximate surface area is 125 Å². The van der Waals surface area contributed by atoms with E-state index in [0.717, 1.165) is 21.2 Å². The molecule has 0 N–H and O–H groups in total. The molecule has 0 saturated heterocycles. The van der Waals surface area contributed by atoms with Crippen LogP contribution in [0.1, 0.15) is 77.0 Å². The van der Waals surface area contributed by atoms with E-state index in [-0.39, 0.29) is 4.70 Å². The molecule has 2 heteroatoms. The van der Waals surface area contributed by atoms with Crippen molar-refractivity contribution in [3.8, 4) is 0 Å². The fraction of sp³-hybridized carbons (Fsp3) is 1.00. The van der Waals surface area contributed by atoms with Crippen molar-refractivity contribution in [1.82, 2.24) is 0 Å². The van der Waals surface area contributed by atoms with Gasteiger partial charge in [0.1, 0.15) is 0 Å². The Balaban J connectivity index is 0.00000120. The zero-order valence-corrected chi connectivity index (χ0v) is 14.5. The summed E-state index contributed by atoms with van der Waals surface area (Å²) in [6, 6.07) is 0. The molecule has 18 heavy (non-hydrogen) atoms. The zero-order chi connectivity index (χ0) is 11.7. The second-order valence-corrected chi connectivity index (χ2v) is 9.35. The van der Waals surface area contributed by atoms with Gasteiger partial charge in [-0.2, -0.15) is 0 Å². The van der Waals surface area contributed by atoms with Crippen LogP contribution < -0.4 is 0 Å². The average Bonchev–Trinajstić information content (AvgIpc) is 3.10. The summed E-state index contributed by atoms with van der Waals surface area (Å²) in [5.41, 5.74) is 0. The summed E-state index contributed by atoms with van der Waals surface area (Å²) < 4.78 is 0.830. The minimum absolute atomic E-state index is 0. The first kappa shape index (κ1) is 15.1. The third-order valence-corrected chi connectivity index (χ3v) is 9.59. The monoisotopic (exact) mass is 359 g/mol. The van der Waals surface area contributed by atoms with E-state index in [4.69, 9.17) is 0 Å². The zero-order valence-electron chi connectivity index (χ0n) is 11.6. The van der Waals surface area contributed by atoms with E-state index in [1.54, 1.807) is 77.0 Å². The van der Waals surface area contributed by atoms with Gasteiger partial charge in [0.15, 0.2) is 0 Å². The summed E-state index contributed by atoms with van der Waals surface area (Å²) in [7, 11) is 0. The van der Waals surface area contributed by atoms with E-state index in [1.165, 1.54) is 0 Å². The maximum atomic E-state index is 1.93. The van der Waals surface area contributed by atoms with Crippen molar-refractivity contribution in [2.75, 3.05) is 0 Å². The molecule has 0 unspecified atom stereocenters. The molecule has 0 spiro atoms.